The molecule has 100 valence electrons. The Balaban J connectivity index is 1.99. The van der Waals surface area contributed by atoms with Gasteiger partial charge in [0.15, 0.2) is 0 Å². The van der Waals surface area contributed by atoms with Crippen molar-refractivity contribution in [3.05, 3.63) is 34.9 Å². The molecule has 1 N–H and O–H groups in total. The number of rotatable bonds is 4. The van der Waals surface area contributed by atoms with Gasteiger partial charge in [0.1, 0.15) is 0 Å². The predicted octanol–water partition coefficient (Wildman–Crippen LogP) is 4.53. The van der Waals surface area contributed by atoms with Gasteiger partial charge in [0.25, 0.3) is 0 Å². The van der Waals surface area contributed by atoms with Crippen molar-refractivity contribution in [2.24, 2.45) is 5.92 Å². The molecule has 0 aliphatic heterocycles. The van der Waals surface area contributed by atoms with E-state index in [0.717, 1.165) is 5.92 Å². The maximum Gasteiger partial charge on any atom is 0.0294 e. The van der Waals surface area contributed by atoms with Crippen molar-refractivity contribution in [3.63, 3.8) is 0 Å². The molecular formula is C17H27N. The monoisotopic (exact) mass is 245 g/mol. The SMILES string of the molecule is Cc1cc(C)cc(C(C)N[C@@H](C)C2CCCC2)c1. The van der Waals surface area contributed by atoms with Gasteiger partial charge in [-0.05, 0) is 52.0 Å². The Morgan fingerprint density at radius 1 is 1.00 bits per heavy atom. The van der Waals surface area contributed by atoms with Crippen molar-refractivity contribution >= 4 is 0 Å². The van der Waals surface area contributed by atoms with E-state index in [1.807, 2.05) is 0 Å². The number of hydrogen-bond acceptors (Lipinski definition) is 1. The lowest BCUT2D eigenvalue weighted by atomic mass is 9.97. The van der Waals surface area contributed by atoms with Crippen molar-refractivity contribution in [1.29, 1.82) is 0 Å². The van der Waals surface area contributed by atoms with Crippen molar-refractivity contribution in [1.82, 2.24) is 5.32 Å². The van der Waals surface area contributed by atoms with E-state index in [1.54, 1.807) is 0 Å². The zero-order valence-corrected chi connectivity index (χ0v) is 12.3. The first-order valence-corrected chi connectivity index (χ1v) is 7.40. The standard InChI is InChI=1S/C17H27N/c1-12-9-13(2)11-17(10-12)15(4)18-14(3)16-7-5-6-8-16/h9-11,14-16,18H,5-8H2,1-4H3/t14-,15?/m0/s1. The lowest BCUT2D eigenvalue weighted by Gasteiger charge is -2.25. The lowest BCUT2D eigenvalue weighted by molar-refractivity contribution is 0.352. The van der Waals surface area contributed by atoms with E-state index in [0.29, 0.717) is 12.1 Å². The number of benzene rings is 1. The van der Waals surface area contributed by atoms with Crippen LogP contribution in [0.3, 0.4) is 0 Å². The van der Waals surface area contributed by atoms with Crippen molar-refractivity contribution in [3.8, 4) is 0 Å². The summed E-state index contributed by atoms with van der Waals surface area (Å²) in [6.45, 7) is 9.02. The maximum absolute atomic E-state index is 3.79. The van der Waals surface area contributed by atoms with Crippen molar-refractivity contribution in [2.45, 2.75) is 65.5 Å². The summed E-state index contributed by atoms with van der Waals surface area (Å²) < 4.78 is 0. The first-order valence-electron chi connectivity index (χ1n) is 7.40. The Morgan fingerprint density at radius 3 is 2.11 bits per heavy atom. The minimum atomic E-state index is 0.458. The molecule has 18 heavy (non-hydrogen) atoms. The number of aryl methyl sites for hydroxylation is 2. The molecule has 1 aromatic rings. The summed E-state index contributed by atoms with van der Waals surface area (Å²) in [6.07, 6.45) is 5.67. The molecule has 0 bridgehead atoms. The maximum atomic E-state index is 3.79. The third-order valence-corrected chi connectivity index (χ3v) is 4.36. The fourth-order valence-electron chi connectivity index (χ4n) is 3.34. The molecule has 1 aliphatic carbocycles. The van der Waals surface area contributed by atoms with Crippen LogP contribution in [0.15, 0.2) is 18.2 Å². The quantitative estimate of drug-likeness (QED) is 0.821. The van der Waals surface area contributed by atoms with Crippen LogP contribution >= 0.6 is 0 Å². The minimum absolute atomic E-state index is 0.458. The van der Waals surface area contributed by atoms with Crippen LogP contribution in [0.5, 0.6) is 0 Å². The van der Waals surface area contributed by atoms with Crippen LogP contribution in [-0.2, 0) is 0 Å². The fraction of sp³-hybridized carbons (Fsp3) is 0.647. The summed E-state index contributed by atoms with van der Waals surface area (Å²) in [5.74, 6) is 0.887. The molecule has 0 aromatic heterocycles. The van der Waals surface area contributed by atoms with Crippen LogP contribution in [0.4, 0.5) is 0 Å². The Labute approximate surface area is 112 Å². The van der Waals surface area contributed by atoms with Gasteiger partial charge in [-0.2, -0.15) is 0 Å². The van der Waals surface area contributed by atoms with Gasteiger partial charge >= 0.3 is 0 Å². The van der Waals surface area contributed by atoms with E-state index in [9.17, 15) is 0 Å². The van der Waals surface area contributed by atoms with Gasteiger partial charge in [-0.3, -0.25) is 0 Å². The Hall–Kier alpha value is -0.820. The third kappa shape index (κ3) is 3.35. The van der Waals surface area contributed by atoms with Crippen LogP contribution < -0.4 is 5.32 Å². The molecule has 1 heteroatoms. The topological polar surface area (TPSA) is 12.0 Å². The average molecular weight is 245 g/mol. The van der Waals surface area contributed by atoms with Crippen LogP contribution in [-0.4, -0.2) is 6.04 Å². The highest BCUT2D eigenvalue weighted by atomic mass is 14.9. The zero-order valence-electron chi connectivity index (χ0n) is 12.3. The van der Waals surface area contributed by atoms with E-state index in [-0.39, 0.29) is 0 Å². The second-order valence-electron chi connectivity index (χ2n) is 6.14. The van der Waals surface area contributed by atoms with Crippen molar-refractivity contribution in [2.75, 3.05) is 0 Å². The summed E-state index contributed by atoms with van der Waals surface area (Å²) in [4.78, 5) is 0. The molecule has 1 aliphatic rings. The van der Waals surface area contributed by atoms with Crippen LogP contribution in [0.2, 0.25) is 0 Å². The van der Waals surface area contributed by atoms with E-state index in [4.69, 9.17) is 0 Å². The van der Waals surface area contributed by atoms with Gasteiger partial charge in [0.2, 0.25) is 0 Å². The first kappa shape index (κ1) is 13.6. The Kier molecular flexibility index (Phi) is 4.45. The second-order valence-corrected chi connectivity index (χ2v) is 6.14. The largest absolute Gasteiger partial charge is 0.307 e. The number of nitrogens with one attached hydrogen (secondary N) is 1. The normalized spacial score (nSPS) is 20.0. The van der Waals surface area contributed by atoms with Gasteiger partial charge in [0, 0.05) is 12.1 Å². The smallest absolute Gasteiger partial charge is 0.0294 e. The van der Waals surface area contributed by atoms with Crippen LogP contribution in [0.1, 0.15) is 62.3 Å². The summed E-state index contributed by atoms with van der Waals surface area (Å²) in [5, 5.41) is 3.79. The summed E-state index contributed by atoms with van der Waals surface area (Å²) in [7, 11) is 0. The molecule has 1 saturated carbocycles. The Bertz CT molecular complexity index is 370. The van der Waals surface area contributed by atoms with E-state index in [1.165, 1.54) is 42.4 Å². The highest BCUT2D eigenvalue weighted by Gasteiger charge is 2.22. The lowest BCUT2D eigenvalue weighted by Crippen LogP contribution is -2.34. The molecule has 0 saturated heterocycles. The highest BCUT2D eigenvalue weighted by molar-refractivity contribution is 5.30. The van der Waals surface area contributed by atoms with Crippen molar-refractivity contribution < 1.29 is 0 Å². The molecule has 0 heterocycles. The summed E-state index contributed by atoms with van der Waals surface area (Å²) in [5.41, 5.74) is 4.16. The fourth-order valence-corrected chi connectivity index (χ4v) is 3.34. The van der Waals surface area contributed by atoms with Gasteiger partial charge < -0.3 is 5.32 Å². The Morgan fingerprint density at radius 2 is 1.56 bits per heavy atom. The number of hydrogen-bond donors (Lipinski definition) is 1. The summed E-state index contributed by atoms with van der Waals surface area (Å²) >= 11 is 0. The van der Waals surface area contributed by atoms with Gasteiger partial charge in [-0.1, -0.05) is 42.2 Å². The minimum Gasteiger partial charge on any atom is -0.307 e. The zero-order chi connectivity index (χ0) is 13.1. The molecule has 0 radical (unpaired) electrons. The molecule has 0 amide bonds. The predicted molar refractivity (Wildman–Crippen MR) is 78.9 cm³/mol. The van der Waals surface area contributed by atoms with Crippen LogP contribution in [0.25, 0.3) is 0 Å². The third-order valence-electron chi connectivity index (χ3n) is 4.36. The highest BCUT2D eigenvalue weighted by Crippen LogP contribution is 2.29. The van der Waals surface area contributed by atoms with Gasteiger partial charge in [-0.15, -0.1) is 0 Å². The molecular weight excluding hydrogens is 218 g/mol. The first-order chi connectivity index (χ1) is 8.56. The molecule has 2 atom stereocenters. The second kappa shape index (κ2) is 5.88. The molecule has 2 rings (SSSR count). The van der Waals surface area contributed by atoms with Gasteiger partial charge in [0.05, 0.1) is 0 Å². The molecule has 1 nitrogen and oxygen atoms in total. The molecule has 1 unspecified atom stereocenters. The average Bonchev–Trinajstić information content (AvgIpc) is 2.80. The summed E-state index contributed by atoms with van der Waals surface area (Å²) in [6, 6.07) is 7.97. The van der Waals surface area contributed by atoms with E-state index < -0.39 is 0 Å². The van der Waals surface area contributed by atoms with Crippen LogP contribution in [0, 0.1) is 19.8 Å². The molecule has 1 fully saturated rings. The van der Waals surface area contributed by atoms with Gasteiger partial charge in [-0.25, -0.2) is 0 Å². The van der Waals surface area contributed by atoms with E-state index >= 15 is 0 Å². The molecule has 0 spiro atoms. The van der Waals surface area contributed by atoms with E-state index in [2.05, 4.69) is 51.2 Å². The molecule has 1 aromatic carbocycles.